The first kappa shape index (κ1) is 20.0. The Labute approximate surface area is 152 Å². The standard InChI is InChI=1S/C18H22BrNO2.ClH/c1-2-16(12-21)20-11-15-8-9-18(17(19)10-15)22-13-14-6-4-3-5-7-14;/h3-10,16,20-21H,2,11-13H2,1H3;1H. The van der Waals surface area contributed by atoms with Gasteiger partial charge in [0.05, 0.1) is 11.1 Å². The van der Waals surface area contributed by atoms with Gasteiger partial charge in [-0.25, -0.2) is 0 Å². The summed E-state index contributed by atoms with van der Waals surface area (Å²) < 4.78 is 6.78. The summed E-state index contributed by atoms with van der Waals surface area (Å²) in [5.74, 6) is 0.835. The van der Waals surface area contributed by atoms with Gasteiger partial charge >= 0.3 is 0 Å². The third-order valence-corrected chi connectivity index (χ3v) is 4.16. The van der Waals surface area contributed by atoms with Gasteiger partial charge < -0.3 is 15.2 Å². The third kappa shape index (κ3) is 6.51. The Bertz CT molecular complexity index is 576. The number of aliphatic hydroxyl groups excluding tert-OH is 1. The maximum absolute atomic E-state index is 9.19. The van der Waals surface area contributed by atoms with Gasteiger partial charge in [-0.3, -0.25) is 0 Å². The Kier molecular flexibility index (Phi) is 9.26. The van der Waals surface area contributed by atoms with Gasteiger partial charge in [0.2, 0.25) is 0 Å². The number of ether oxygens (including phenoxy) is 1. The van der Waals surface area contributed by atoms with E-state index in [-0.39, 0.29) is 25.1 Å². The lowest BCUT2D eigenvalue weighted by atomic mass is 10.2. The van der Waals surface area contributed by atoms with E-state index in [9.17, 15) is 5.11 Å². The van der Waals surface area contributed by atoms with E-state index in [2.05, 4.69) is 34.2 Å². The van der Waals surface area contributed by atoms with Crippen LogP contribution in [0.2, 0.25) is 0 Å². The van der Waals surface area contributed by atoms with Crippen LogP contribution < -0.4 is 10.1 Å². The van der Waals surface area contributed by atoms with Crippen molar-refractivity contribution in [2.45, 2.75) is 32.5 Å². The Morgan fingerprint density at radius 1 is 1.13 bits per heavy atom. The van der Waals surface area contributed by atoms with E-state index in [1.54, 1.807) is 0 Å². The second kappa shape index (κ2) is 10.7. The van der Waals surface area contributed by atoms with E-state index >= 15 is 0 Å². The topological polar surface area (TPSA) is 41.5 Å². The van der Waals surface area contributed by atoms with Crippen LogP contribution in [0.3, 0.4) is 0 Å². The molecule has 0 bridgehead atoms. The maximum atomic E-state index is 9.19. The van der Waals surface area contributed by atoms with Crippen LogP contribution in [-0.4, -0.2) is 17.8 Å². The van der Waals surface area contributed by atoms with Gasteiger partial charge in [-0.1, -0.05) is 43.3 Å². The SMILES string of the molecule is CCC(CO)NCc1ccc(OCc2ccccc2)c(Br)c1.Cl. The van der Waals surface area contributed by atoms with Gasteiger partial charge in [0.15, 0.2) is 0 Å². The van der Waals surface area contributed by atoms with Gasteiger partial charge in [-0.05, 0) is 45.6 Å². The Balaban J connectivity index is 0.00000264. The van der Waals surface area contributed by atoms with E-state index in [1.807, 2.05) is 42.5 Å². The molecule has 1 unspecified atom stereocenters. The number of halogens is 2. The summed E-state index contributed by atoms with van der Waals surface area (Å²) in [6.45, 7) is 3.51. The average Bonchev–Trinajstić information content (AvgIpc) is 2.56. The number of hydrogen-bond donors (Lipinski definition) is 2. The summed E-state index contributed by atoms with van der Waals surface area (Å²) in [7, 11) is 0. The number of hydrogen-bond acceptors (Lipinski definition) is 3. The molecule has 3 nitrogen and oxygen atoms in total. The van der Waals surface area contributed by atoms with Crippen molar-refractivity contribution < 1.29 is 9.84 Å². The zero-order chi connectivity index (χ0) is 15.8. The van der Waals surface area contributed by atoms with Crippen LogP contribution in [0.15, 0.2) is 53.0 Å². The molecule has 0 saturated heterocycles. The summed E-state index contributed by atoms with van der Waals surface area (Å²) in [4.78, 5) is 0. The third-order valence-electron chi connectivity index (χ3n) is 3.54. The first-order chi connectivity index (χ1) is 10.7. The van der Waals surface area contributed by atoms with Crippen molar-refractivity contribution in [1.82, 2.24) is 5.32 Å². The molecular formula is C18H23BrClNO2. The van der Waals surface area contributed by atoms with Crippen molar-refractivity contribution in [2.24, 2.45) is 0 Å². The summed E-state index contributed by atoms with van der Waals surface area (Å²) in [6, 6.07) is 16.3. The minimum atomic E-state index is 0. The predicted molar refractivity (Wildman–Crippen MR) is 100 cm³/mol. The largest absolute Gasteiger partial charge is 0.488 e. The Hall–Kier alpha value is -1.07. The molecule has 0 aliphatic carbocycles. The highest BCUT2D eigenvalue weighted by molar-refractivity contribution is 9.10. The molecular weight excluding hydrogens is 378 g/mol. The van der Waals surface area contributed by atoms with Gasteiger partial charge in [-0.15, -0.1) is 12.4 Å². The fourth-order valence-electron chi connectivity index (χ4n) is 2.11. The van der Waals surface area contributed by atoms with E-state index in [1.165, 1.54) is 0 Å². The van der Waals surface area contributed by atoms with Crippen LogP contribution in [0, 0.1) is 0 Å². The molecule has 126 valence electrons. The van der Waals surface area contributed by atoms with Gasteiger partial charge in [0, 0.05) is 12.6 Å². The Morgan fingerprint density at radius 2 is 1.87 bits per heavy atom. The second-order valence-electron chi connectivity index (χ2n) is 5.21. The highest BCUT2D eigenvalue weighted by atomic mass is 79.9. The molecule has 2 aromatic carbocycles. The first-order valence-electron chi connectivity index (χ1n) is 7.52. The minimum absolute atomic E-state index is 0. The van der Waals surface area contributed by atoms with E-state index in [4.69, 9.17) is 4.74 Å². The summed E-state index contributed by atoms with van der Waals surface area (Å²) in [5.41, 5.74) is 2.31. The van der Waals surface area contributed by atoms with Crippen molar-refractivity contribution in [3.63, 3.8) is 0 Å². The van der Waals surface area contributed by atoms with Crippen molar-refractivity contribution in [3.8, 4) is 5.75 Å². The normalized spacial score (nSPS) is 11.6. The summed E-state index contributed by atoms with van der Waals surface area (Å²) >= 11 is 3.56. The lowest BCUT2D eigenvalue weighted by molar-refractivity contribution is 0.238. The smallest absolute Gasteiger partial charge is 0.134 e. The highest BCUT2D eigenvalue weighted by Gasteiger charge is 2.06. The molecule has 0 heterocycles. The number of aliphatic hydroxyl groups is 1. The molecule has 0 saturated carbocycles. The quantitative estimate of drug-likeness (QED) is 0.694. The van der Waals surface area contributed by atoms with Gasteiger partial charge in [0.25, 0.3) is 0 Å². The summed E-state index contributed by atoms with van der Waals surface area (Å²) in [6.07, 6.45) is 0.913. The molecule has 0 aromatic heterocycles. The average molecular weight is 401 g/mol. The molecule has 2 aromatic rings. The molecule has 0 fully saturated rings. The highest BCUT2D eigenvalue weighted by Crippen LogP contribution is 2.26. The number of rotatable bonds is 8. The van der Waals surface area contributed by atoms with Crippen LogP contribution in [0.4, 0.5) is 0 Å². The molecule has 0 aliphatic rings. The zero-order valence-electron chi connectivity index (χ0n) is 13.2. The fraction of sp³-hybridized carbons (Fsp3) is 0.333. The molecule has 1 atom stereocenters. The molecule has 23 heavy (non-hydrogen) atoms. The van der Waals surface area contributed by atoms with Crippen LogP contribution in [0.5, 0.6) is 5.75 Å². The van der Waals surface area contributed by atoms with Gasteiger partial charge in [0.1, 0.15) is 12.4 Å². The van der Waals surface area contributed by atoms with Crippen LogP contribution >= 0.6 is 28.3 Å². The molecule has 5 heteroatoms. The van der Waals surface area contributed by atoms with Crippen molar-refractivity contribution in [2.75, 3.05) is 6.61 Å². The van der Waals surface area contributed by atoms with Crippen LogP contribution in [0.1, 0.15) is 24.5 Å². The lowest BCUT2D eigenvalue weighted by Gasteiger charge is -2.15. The molecule has 0 radical (unpaired) electrons. The maximum Gasteiger partial charge on any atom is 0.134 e. The number of nitrogens with one attached hydrogen (secondary N) is 1. The first-order valence-corrected chi connectivity index (χ1v) is 8.31. The van der Waals surface area contributed by atoms with Gasteiger partial charge in [-0.2, -0.15) is 0 Å². The van der Waals surface area contributed by atoms with Crippen molar-refractivity contribution in [3.05, 3.63) is 64.1 Å². The monoisotopic (exact) mass is 399 g/mol. The van der Waals surface area contributed by atoms with E-state index < -0.39 is 0 Å². The number of benzene rings is 2. The molecule has 2 N–H and O–H groups in total. The lowest BCUT2D eigenvalue weighted by Crippen LogP contribution is -2.31. The fourth-order valence-corrected chi connectivity index (χ4v) is 2.65. The van der Waals surface area contributed by atoms with Crippen LogP contribution in [-0.2, 0) is 13.2 Å². The molecule has 0 spiro atoms. The molecule has 0 aliphatic heterocycles. The van der Waals surface area contributed by atoms with Crippen molar-refractivity contribution in [1.29, 1.82) is 0 Å². The second-order valence-corrected chi connectivity index (χ2v) is 6.06. The van der Waals surface area contributed by atoms with E-state index in [0.29, 0.717) is 6.61 Å². The van der Waals surface area contributed by atoms with Crippen molar-refractivity contribution >= 4 is 28.3 Å². The van der Waals surface area contributed by atoms with Crippen LogP contribution in [0.25, 0.3) is 0 Å². The minimum Gasteiger partial charge on any atom is -0.488 e. The molecule has 0 amide bonds. The summed E-state index contributed by atoms with van der Waals surface area (Å²) in [5, 5.41) is 12.5. The predicted octanol–water partition coefficient (Wildman–Crippen LogP) is 4.31. The zero-order valence-corrected chi connectivity index (χ0v) is 15.6. The van der Waals surface area contributed by atoms with E-state index in [0.717, 1.165) is 34.3 Å². The Morgan fingerprint density at radius 3 is 2.48 bits per heavy atom. The molecule has 2 rings (SSSR count).